The Hall–Kier alpha value is -2.77. The van der Waals surface area contributed by atoms with Crippen LogP contribution in [0.15, 0.2) is 47.3 Å². The first kappa shape index (κ1) is 16.4. The number of aromatic hydroxyl groups is 2. The van der Waals surface area contributed by atoms with Crippen LogP contribution in [0.2, 0.25) is 0 Å². The maximum absolute atomic E-state index is 12.6. The van der Waals surface area contributed by atoms with Crippen LogP contribution in [0.25, 0.3) is 11.0 Å². The van der Waals surface area contributed by atoms with Gasteiger partial charge in [0, 0.05) is 6.42 Å². The second-order valence-corrected chi connectivity index (χ2v) is 7.47. The number of aromatic nitrogens is 2. The molecule has 2 aliphatic heterocycles. The van der Waals surface area contributed by atoms with Gasteiger partial charge in [-0.2, -0.15) is 0 Å². The normalized spacial score (nSPS) is 29.6. The summed E-state index contributed by atoms with van der Waals surface area (Å²) in [6, 6.07) is 12.6. The van der Waals surface area contributed by atoms with Crippen molar-refractivity contribution >= 4 is 11.0 Å². The fraction of sp³-hybridized carbons (Fsp3) is 0.350. The largest absolute Gasteiger partial charge is 0.504 e. The monoisotopic (exact) mass is 368 g/mol. The van der Waals surface area contributed by atoms with Crippen LogP contribution in [0.1, 0.15) is 31.4 Å². The number of hydroxylamine groups is 3. The van der Waals surface area contributed by atoms with Gasteiger partial charge in [0.05, 0.1) is 29.1 Å². The van der Waals surface area contributed by atoms with Gasteiger partial charge in [-0.25, -0.2) is 4.79 Å². The third-order valence-electron chi connectivity index (χ3n) is 6.21. The second kappa shape index (κ2) is 5.37. The number of para-hydroxylation sites is 2. The van der Waals surface area contributed by atoms with Crippen molar-refractivity contribution in [2.24, 2.45) is 0 Å². The molecule has 2 aliphatic rings. The second-order valence-electron chi connectivity index (χ2n) is 7.47. The first-order valence-electron chi connectivity index (χ1n) is 9.29. The zero-order chi connectivity index (χ0) is 18.8. The van der Waals surface area contributed by atoms with Crippen molar-refractivity contribution in [3.05, 3.63) is 58.5 Å². The van der Waals surface area contributed by atoms with E-state index in [9.17, 15) is 15.0 Å². The lowest BCUT2D eigenvalue weighted by atomic mass is 9.90. The van der Waals surface area contributed by atoms with E-state index in [1.165, 1.54) is 6.07 Å². The Morgan fingerprint density at radius 2 is 2.07 bits per heavy atom. The van der Waals surface area contributed by atoms with Gasteiger partial charge in [0.25, 0.3) is 0 Å². The molecule has 0 amide bonds. The minimum absolute atomic E-state index is 0.00936. The zero-order valence-electron chi connectivity index (χ0n) is 15.1. The minimum Gasteiger partial charge on any atom is -0.504 e. The summed E-state index contributed by atoms with van der Waals surface area (Å²) in [4.78, 5) is 21.9. The van der Waals surface area contributed by atoms with Crippen LogP contribution in [-0.2, 0) is 10.6 Å². The van der Waals surface area contributed by atoms with Crippen molar-refractivity contribution in [3.63, 3.8) is 0 Å². The highest BCUT2D eigenvalue weighted by Gasteiger charge is 2.76. The van der Waals surface area contributed by atoms with Crippen LogP contribution >= 0.6 is 0 Å². The molecule has 0 radical (unpaired) electrons. The van der Waals surface area contributed by atoms with E-state index in [2.05, 4.69) is 11.9 Å². The van der Waals surface area contributed by atoms with Gasteiger partial charge < -0.3 is 15.2 Å². The van der Waals surface area contributed by atoms with Crippen LogP contribution in [0.3, 0.4) is 0 Å². The maximum Gasteiger partial charge on any atom is 0.326 e. The molecule has 140 valence electrons. The Balaban J connectivity index is 1.59. The number of benzene rings is 2. The van der Waals surface area contributed by atoms with Gasteiger partial charge in [0.2, 0.25) is 0 Å². The quantitative estimate of drug-likeness (QED) is 0.377. The fourth-order valence-electron chi connectivity index (χ4n) is 4.79. The van der Waals surface area contributed by atoms with E-state index >= 15 is 0 Å². The molecule has 2 saturated heterocycles. The third-order valence-corrected chi connectivity index (χ3v) is 6.21. The van der Waals surface area contributed by atoms with E-state index in [-0.39, 0.29) is 23.2 Å². The lowest BCUT2D eigenvalue weighted by Crippen LogP contribution is -2.43. The molecule has 1 aromatic heterocycles. The van der Waals surface area contributed by atoms with E-state index in [1.807, 2.05) is 28.8 Å². The Labute approximate surface area is 155 Å². The Kier molecular flexibility index (Phi) is 3.26. The molecule has 0 spiro atoms. The summed E-state index contributed by atoms with van der Waals surface area (Å²) in [5.41, 5.74) is 1.85. The van der Waals surface area contributed by atoms with E-state index in [4.69, 9.17) is 4.84 Å². The number of phenolic OH excluding ortho intramolecular Hbond substituents is 2. The Morgan fingerprint density at radius 3 is 2.85 bits per heavy atom. The molecular weight excluding hydrogens is 346 g/mol. The molecule has 0 bridgehead atoms. The van der Waals surface area contributed by atoms with Crippen molar-refractivity contribution in [1.29, 1.82) is 0 Å². The number of fused-ring (bicyclic) bond motifs is 2. The molecule has 2 aromatic carbocycles. The molecule has 5 rings (SSSR count). The van der Waals surface area contributed by atoms with Crippen molar-refractivity contribution in [2.75, 3.05) is 13.1 Å². The molecule has 2 fully saturated rings. The summed E-state index contributed by atoms with van der Waals surface area (Å²) in [7, 11) is 0. The lowest BCUT2D eigenvalue weighted by molar-refractivity contribution is -0.934. The molecule has 7 heteroatoms. The lowest BCUT2D eigenvalue weighted by Gasteiger charge is -2.29. The zero-order valence-corrected chi connectivity index (χ0v) is 15.1. The summed E-state index contributed by atoms with van der Waals surface area (Å²) in [5.74, 6) is -0.302. The molecule has 27 heavy (non-hydrogen) atoms. The number of imidazole rings is 1. The van der Waals surface area contributed by atoms with Crippen LogP contribution in [0.5, 0.6) is 11.5 Å². The van der Waals surface area contributed by atoms with Crippen molar-refractivity contribution in [3.8, 4) is 11.5 Å². The average molecular weight is 368 g/mol. The Morgan fingerprint density at radius 1 is 1.26 bits per heavy atom. The van der Waals surface area contributed by atoms with E-state index < -0.39 is 5.72 Å². The molecule has 0 saturated carbocycles. The summed E-state index contributed by atoms with van der Waals surface area (Å²) in [5, 5.41) is 19.7. The number of rotatable bonds is 3. The van der Waals surface area contributed by atoms with Crippen LogP contribution in [-0.4, -0.2) is 37.5 Å². The first-order valence-corrected chi connectivity index (χ1v) is 9.29. The smallest absolute Gasteiger partial charge is 0.326 e. The van der Waals surface area contributed by atoms with Crippen molar-refractivity contribution in [2.45, 2.75) is 31.5 Å². The number of phenols is 2. The number of nitrogens with one attached hydrogen (secondary N) is 1. The highest BCUT2D eigenvalue weighted by Crippen LogP contribution is 2.61. The standard InChI is InChI=1S/C20H21N3O4/c1-2-23-10-9-14(22-16-6-4-3-5-15(16)21-19(22)26)12-20(23,27-23)13-7-8-17(24)18(25)11-13/h3-8,11,14H,2,9-10,12H2,1H3,(H2-,21,24,25,26)/p+1. The minimum atomic E-state index is -0.597. The summed E-state index contributed by atoms with van der Waals surface area (Å²) in [6.07, 6.45) is 1.47. The van der Waals surface area contributed by atoms with E-state index in [1.54, 1.807) is 12.1 Å². The number of nitrogens with zero attached hydrogens (tertiary/aromatic N) is 2. The highest BCUT2D eigenvalue weighted by atomic mass is 16.9. The number of hydrogen-bond donors (Lipinski definition) is 3. The van der Waals surface area contributed by atoms with Gasteiger partial charge >= 0.3 is 11.4 Å². The number of quaternary nitrogens is 1. The fourth-order valence-corrected chi connectivity index (χ4v) is 4.79. The predicted molar refractivity (Wildman–Crippen MR) is 99.0 cm³/mol. The Bertz CT molecular complexity index is 1100. The number of hydrogen-bond acceptors (Lipinski definition) is 4. The molecule has 3 heterocycles. The number of H-pyrrole nitrogens is 1. The topological polar surface area (TPSA) is 90.8 Å². The van der Waals surface area contributed by atoms with Gasteiger partial charge in [0.15, 0.2) is 11.5 Å². The molecule has 3 N–H and O–H groups in total. The average Bonchev–Trinajstić information content (AvgIpc) is 3.24. The predicted octanol–water partition coefficient (Wildman–Crippen LogP) is 2.71. The van der Waals surface area contributed by atoms with E-state index in [0.29, 0.717) is 11.1 Å². The molecular formula is C20H22N3O4+. The van der Waals surface area contributed by atoms with Crippen LogP contribution < -0.4 is 5.69 Å². The van der Waals surface area contributed by atoms with Crippen molar-refractivity contribution < 1.29 is 19.7 Å². The molecule has 0 aliphatic carbocycles. The van der Waals surface area contributed by atoms with E-state index in [0.717, 1.165) is 36.1 Å². The summed E-state index contributed by atoms with van der Waals surface area (Å²) < 4.78 is 2.33. The molecule has 3 aromatic rings. The summed E-state index contributed by atoms with van der Waals surface area (Å²) in [6.45, 7) is 3.67. The third kappa shape index (κ3) is 2.12. The van der Waals surface area contributed by atoms with Gasteiger partial charge in [-0.3, -0.25) is 4.57 Å². The molecule has 3 unspecified atom stereocenters. The van der Waals surface area contributed by atoms with Gasteiger partial charge in [-0.1, -0.05) is 12.1 Å². The number of aromatic amines is 1. The highest BCUT2D eigenvalue weighted by molar-refractivity contribution is 5.75. The maximum atomic E-state index is 12.6. The molecule has 3 atom stereocenters. The van der Waals surface area contributed by atoms with Crippen molar-refractivity contribution in [1.82, 2.24) is 9.55 Å². The van der Waals surface area contributed by atoms with Gasteiger partial charge in [-0.05, 0) is 37.3 Å². The first-order chi connectivity index (χ1) is 13.0. The van der Waals surface area contributed by atoms with Gasteiger partial charge in [-0.15, -0.1) is 9.48 Å². The van der Waals surface area contributed by atoms with Crippen LogP contribution in [0, 0.1) is 0 Å². The summed E-state index contributed by atoms with van der Waals surface area (Å²) >= 11 is 0. The number of piperidine rings is 1. The molecule has 7 nitrogen and oxygen atoms in total. The van der Waals surface area contributed by atoms with Gasteiger partial charge in [0.1, 0.15) is 13.1 Å². The SMILES string of the molecule is CC[N+]12CCC(n3c(=O)[nH]c4ccccc43)CC1(c1ccc(O)c(O)c1)O2. The van der Waals surface area contributed by atoms with Crippen LogP contribution in [0.4, 0.5) is 0 Å².